The van der Waals surface area contributed by atoms with E-state index in [9.17, 15) is 4.79 Å². The Labute approximate surface area is 120 Å². The van der Waals surface area contributed by atoms with E-state index in [0.29, 0.717) is 5.56 Å². The van der Waals surface area contributed by atoms with Crippen molar-refractivity contribution in [1.82, 2.24) is 9.88 Å². The molecule has 0 bridgehead atoms. The highest BCUT2D eigenvalue weighted by Crippen LogP contribution is 2.25. The molecule has 2 fully saturated rings. The van der Waals surface area contributed by atoms with E-state index < -0.39 is 0 Å². The van der Waals surface area contributed by atoms with Crippen LogP contribution < -0.4 is 4.90 Å². The van der Waals surface area contributed by atoms with Gasteiger partial charge in [0.15, 0.2) is 5.78 Å². The van der Waals surface area contributed by atoms with Gasteiger partial charge in [0.05, 0.1) is 0 Å². The molecule has 20 heavy (non-hydrogen) atoms. The van der Waals surface area contributed by atoms with E-state index in [-0.39, 0.29) is 5.78 Å². The van der Waals surface area contributed by atoms with Gasteiger partial charge in [-0.3, -0.25) is 9.69 Å². The van der Waals surface area contributed by atoms with Crippen molar-refractivity contribution >= 4 is 11.6 Å². The van der Waals surface area contributed by atoms with E-state index in [1.54, 1.807) is 13.1 Å². The number of pyridine rings is 1. The summed E-state index contributed by atoms with van der Waals surface area (Å²) in [4.78, 5) is 20.7. The van der Waals surface area contributed by atoms with Crippen LogP contribution in [-0.2, 0) is 0 Å². The summed E-state index contributed by atoms with van der Waals surface area (Å²) in [5.41, 5.74) is 0.693. The van der Waals surface area contributed by atoms with Crippen molar-refractivity contribution < 1.29 is 4.79 Å². The summed E-state index contributed by atoms with van der Waals surface area (Å²) >= 11 is 0. The quantitative estimate of drug-likeness (QED) is 0.792. The molecule has 2 aliphatic rings. The fourth-order valence-corrected chi connectivity index (χ4v) is 3.37. The van der Waals surface area contributed by atoms with E-state index >= 15 is 0 Å². The van der Waals surface area contributed by atoms with Crippen molar-refractivity contribution in [2.75, 3.05) is 31.1 Å². The number of rotatable bonds is 3. The van der Waals surface area contributed by atoms with Gasteiger partial charge in [0.2, 0.25) is 0 Å². The molecule has 4 heteroatoms. The predicted molar refractivity (Wildman–Crippen MR) is 80.3 cm³/mol. The van der Waals surface area contributed by atoms with Crippen LogP contribution in [0, 0.1) is 0 Å². The van der Waals surface area contributed by atoms with E-state index in [1.165, 1.54) is 25.7 Å². The smallest absolute Gasteiger partial charge is 0.161 e. The first kappa shape index (κ1) is 13.6. The number of carbonyl (C=O) groups is 1. The van der Waals surface area contributed by atoms with Crippen LogP contribution in [0.2, 0.25) is 0 Å². The first-order chi connectivity index (χ1) is 9.74. The van der Waals surface area contributed by atoms with Crippen molar-refractivity contribution in [3.05, 3.63) is 23.9 Å². The average molecular weight is 273 g/mol. The number of aromatic nitrogens is 1. The van der Waals surface area contributed by atoms with Crippen molar-refractivity contribution in [2.45, 2.75) is 38.6 Å². The molecule has 0 N–H and O–H groups in total. The molecule has 0 unspecified atom stereocenters. The van der Waals surface area contributed by atoms with Crippen molar-refractivity contribution in [3.63, 3.8) is 0 Å². The molecule has 1 aliphatic carbocycles. The van der Waals surface area contributed by atoms with Gasteiger partial charge in [0.25, 0.3) is 0 Å². The van der Waals surface area contributed by atoms with Crippen LogP contribution in [0.5, 0.6) is 0 Å². The predicted octanol–water partition coefficient (Wildman–Crippen LogP) is 2.35. The highest BCUT2D eigenvalue weighted by Gasteiger charge is 2.26. The Bertz CT molecular complexity index is 457. The van der Waals surface area contributed by atoms with Gasteiger partial charge in [-0.1, -0.05) is 12.8 Å². The van der Waals surface area contributed by atoms with Crippen molar-refractivity contribution in [1.29, 1.82) is 0 Å². The van der Waals surface area contributed by atoms with E-state index in [1.807, 2.05) is 12.1 Å². The number of carbonyl (C=O) groups excluding carboxylic acids is 1. The minimum atomic E-state index is 0.0788. The fourth-order valence-electron chi connectivity index (χ4n) is 3.37. The highest BCUT2D eigenvalue weighted by molar-refractivity contribution is 5.93. The number of nitrogens with zero attached hydrogens (tertiary/aromatic N) is 3. The molecule has 1 saturated heterocycles. The molecule has 108 valence electrons. The van der Waals surface area contributed by atoms with Gasteiger partial charge in [-0.25, -0.2) is 4.98 Å². The van der Waals surface area contributed by atoms with Gasteiger partial charge in [0, 0.05) is 44.0 Å². The lowest BCUT2D eigenvalue weighted by Gasteiger charge is -2.38. The lowest BCUT2D eigenvalue weighted by Crippen LogP contribution is -2.50. The van der Waals surface area contributed by atoms with Crippen molar-refractivity contribution in [2.24, 2.45) is 0 Å². The molecular formula is C16H23N3O. The number of piperazine rings is 1. The second-order valence-electron chi connectivity index (χ2n) is 5.92. The number of hydrogen-bond donors (Lipinski definition) is 0. The fraction of sp³-hybridized carbons (Fsp3) is 0.625. The van der Waals surface area contributed by atoms with Crippen LogP contribution in [0.4, 0.5) is 5.82 Å². The summed E-state index contributed by atoms with van der Waals surface area (Å²) in [7, 11) is 0. The van der Waals surface area contributed by atoms with Crippen molar-refractivity contribution in [3.8, 4) is 0 Å². The average Bonchev–Trinajstić information content (AvgIpc) is 3.02. The first-order valence-corrected chi connectivity index (χ1v) is 7.70. The maximum atomic E-state index is 11.3. The Morgan fingerprint density at radius 1 is 1.15 bits per heavy atom. The third-order valence-corrected chi connectivity index (χ3v) is 4.63. The van der Waals surface area contributed by atoms with E-state index in [4.69, 9.17) is 0 Å². The molecule has 4 nitrogen and oxygen atoms in total. The van der Waals surface area contributed by atoms with Crippen LogP contribution in [-0.4, -0.2) is 47.9 Å². The molecular weight excluding hydrogens is 250 g/mol. The second-order valence-corrected chi connectivity index (χ2v) is 5.92. The molecule has 2 heterocycles. The summed E-state index contributed by atoms with van der Waals surface area (Å²) in [6, 6.07) is 4.68. The largest absolute Gasteiger partial charge is 0.354 e. The molecule has 1 aromatic heterocycles. The summed E-state index contributed by atoms with van der Waals surface area (Å²) in [5, 5.41) is 0. The van der Waals surface area contributed by atoms with Crippen LogP contribution in [0.25, 0.3) is 0 Å². The normalized spacial score (nSPS) is 21.4. The van der Waals surface area contributed by atoms with Gasteiger partial charge in [-0.15, -0.1) is 0 Å². The number of hydrogen-bond acceptors (Lipinski definition) is 4. The monoisotopic (exact) mass is 273 g/mol. The van der Waals surface area contributed by atoms with Crippen LogP contribution >= 0.6 is 0 Å². The van der Waals surface area contributed by atoms with E-state index in [2.05, 4.69) is 14.8 Å². The number of ketones is 1. The van der Waals surface area contributed by atoms with Gasteiger partial charge in [-0.05, 0) is 31.9 Å². The van der Waals surface area contributed by atoms with Gasteiger partial charge < -0.3 is 4.90 Å². The van der Waals surface area contributed by atoms with Crippen LogP contribution in [0.15, 0.2) is 18.3 Å². The van der Waals surface area contributed by atoms with E-state index in [0.717, 1.165) is 38.0 Å². The zero-order chi connectivity index (χ0) is 13.9. The molecule has 1 aromatic rings. The molecule has 1 saturated carbocycles. The molecule has 1 aliphatic heterocycles. The molecule has 0 spiro atoms. The minimum absolute atomic E-state index is 0.0788. The Balaban J connectivity index is 1.58. The maximum absolute atomic E-state index is 11.3. The number of anilines is 1. The standard InChI is InChI=1S/C16H23N3O/c1-13(20)14-6-7-16(17-12-14)19-10-8-18(9-11-19)15-4-2-3-5-15/h6-7,12,15H,2-5,8-11H2,1H3. The molecule has 0 aromatic carbocycles. The van der Waals surface area contributed by atoms with Crippen LogP contribution in [0.3, 0.4) is 0 Å². The summed E-state index contributed by atoms with van der Waals surface area (Å²) in [6.45, 7) is 5.95. The summed E-state index contributed by atoms with van der Waals surface area (Å²) in [6.07, 6.45) is 7.26. The third-order valence-electron chi connectivity index (χ3n) is 4.63. The van der Waals surface area contributed by atoms with Gasteiger partial charge >= 0.3 is 0 Å². The topological polar surface area (TPSA) is 36.4 Å². The summed E-state index contributed by atoms with van der Waals surface area (Å²) < 4.78 is 0. The zero-order valence-electron chi connectivity index (χ0n) is 12.2. The zero-order valence-corrected chi connectivity index (χ0v) is 12.2. The molecule has 0 amide bonds. The Morgan fingerprint density at radius 3 is 2.40 bits per heavy atom. The molecule has 0 atom stereocenters. The van der Waals surface area contributed by atoms with Gasteiger partial charge in [-0.2, -0.15) is 0 Å². The Hall–Kier alpha value is -1.42. The van der Waals surface area contributed by atoms with Gasteiger partial charge in [0.1, 0.15) is 5.82 Å². The second kappa shape index (κ2) is 5.92. The summed E-state index contributed by atoms with van der Waals surface area (Å²) in [5.74, 6) is 1.08. The molecule has 3 rings (SSSR count). The highest BCUT2D eigenvalue weighted by atomic mass is 16.1. The molecule has 0 radical (unpaired) electrons. The number of Topliss-reactive ketones (excluding diaryl/α,β-unsaturated/α-hetero) is 1. The Morgan fingerprint density at radius 2 is 1.85 bits per heavy atom. The van der Waals surface area contributed by atoms with Crippen LogP contribution in [0.1, 0.15) is 43.0 Å². The lowest BCUT2D eigenvalue weighted by molar-refractivity contribution is 0.101. The minimum Gasteiger partial charge on any atom is -0.354 e. The first-order valence-electron chi connectivity index (χ1n) is 7.70. The maximum Gasteiger partial charge on any atom is 0.161 e. The third kappa shape index (κ3) is 2.85. The lowest BCUT2D eigenvalue weighted by atomic mass is 10.1. The SMILES string of the molecule is CC(=O)c1ccc(N2CCN(C3CCCC3)CC2)nc1. The Kier molecular flexibility index (Phi) is 4.01.